The molecule has 1 aliphatic heterocycles. The molecule has 32 heavy (non-hydrogen) atoms. The van der Waals surface area contributed by atoms with Crippen molar-refractivity contribution >= 4 is 29.3 Å². The summed E-state index contributed by atoms with van der Waals surface area (Å²) < 4.78 is 0. The standard InChI is InChI=1S/C24H24N4O4/c29-20(27-19-8-4-3-7-18(19)22(30)26-14-9-10-14)13-25-23(31)21-16-5-1-2-6-17(16)24(32)28(21)15-11-12-15/h1-8,14-15,21H,9-13H2,(H,25,31)(H,26,30)(H,27,29). The largest absolute Gasteiger partial charge is 0.349 e. The van der Waals surface area contributed by atoms with Crippen molar-refractivity contribution in [3.05, 3.63) is 65.2 Å². The zero-order valence-corrected chi connectivity index (χ0v) is 17.5. The van der Waals surface area contributed by atoms with Gasteiger partial charge >= 0.3 is 0 Å². The number of fused-ring (bicyclic) bond motifs is 1. The van der Waals surface area contributed by atoms with Gasteiger partial charge in [-0.2, -0.15) is 0 Å². The average molecular weight is 432 g/mol. The van der Waals surface area contributed by atoms with Crippen LogP contribution in [0.3, 0.4) is 0 Å². The maximum Gasteiger partial charge on any atom is 0.255 e. The van der Waals surface area contributed by atoms with Crippen LogP contribution < -0.4 is 16.0 Å². The molecule has 4 amide bonds. The van der Waals surface area contributed by atoms with E-state index in [4.69, 9.17) is 0 Å². The highest BCUT2D eigenvalue weighted by molar-refractivity contribution is 6.07. The lowest BCUT2D eigenvalue weighted by Crippen LogP contribution is -2.42. The Kier molecular flexibility index (Phi) is 5.13. The van der Waals surface area contributed by atoms with E-state index < -0.39 is 11.9 Å². The second-order valence-electron chi connectivity index (χ2n) is 8.49. The summed E-state index contributed by atoms with van der Waals surface area (Å²) in [6.07, 6.45) is 3.70. The number of rotatable bonds is 7. The molecule has 3 N–H and O–H groups in total. The third-order valence-corrected chi connectivity index (χ3v) is 5.97. The maximum atomic E-state index is 13.0. The van der Waals surface area contributed by atoms with Crippen molar-refractivity contribution in [3.63, 3.8) is 0 Å². The summed E-state index contributed by atoms with van der Waals surface area (Å²) in [5.41, 5.74) is 1.99. The first-order valence-corrected chi connectivity index (χ1v) is 10.9. The minimum Gasteiger partial charge on any atom is -0.349 e. The summed E-state index contributed by atoms with van der Waals surface area (Å²) in [5.74, 6) is -1.19. The van der Waals surface area contributed by atoms with Gasteiger partial charge in [-0.25, -0.2) is 0 Å². The number of nitrogens with zero attached hydrogens (tertiary/aromatic N) is 1. The molecular weight excluding hydrogens is 408 g/mol. The number of para-hydroxylation sites is 1. The molecule has 2 saturated carbocycles. The van der Waals surface area contributed by atoms with E-state index in [1.807, 2.05) is 0 Å². The third kappa shape index (κ3) is 3.95. The summed E-state index contributed by atoms with van der Waals surface area (Å²) in [6.45, 7) is -0.261. The van der Waals surface area contributed by atoms with Crippen LogP contribution in [0.1, 0.15) is 58.0 Å². The lowest BCUT2D eigenvalue weighted by molar-refractivity contribution is -0.127. The molecule has 0 spiro atoms. The lowest BCUT2D eigenvalue weighted by Gasteiger charge is -2.24. The van der Waals surface area contributed by atoms with Gasteiger partial charge in [0, 0.05) is 17.6 Å². The van der Waals surface area contributed by atoms with E-state index in [0.29, 0.717) is 22.4 Å². The Balaban J connectivity index is 1.24. The Morgan fingerprint density at radius 3 is 2.41 bits per heavy atom. The molecule has 164 valence electrons. The second kappa shape index (κ2) is 8.11. The number of benzene rings is 2. The molecule has 2 aliphatic carbocycles. The predicted octanol–water partition coefficient (Wildman–Crippen LogP) is 1.99. The monoisotopic (exact) mass is 432 g/mol. The molecule has 8 heteroatoms. The molecule has 0 bridgehead atoms. The van der Waals surface area contributed by atoms with Crippen molar-refractivity contribution in [1.82, 2.24) is 15.5 Å². The molecule has 2 fully saturated rings. The first kappa shape index (κ1) is 20.2. The van der Waals surface area contributed by atoms with Gasteiger partial charge in [0.25, 0.3) is 11.8 Å². The molecule has 8 nitrogen and oxygen atoms in total. The van der Waals surface area contributed by atoms with Crippen molar-refractivity contribution in [2.75, 3.05) is 11.9 Å². The molecular formula is C24H24N4O4. The minimum atomic E-state index is -0.726. The van der Waals surface area contributed by atoms with Gasteiger partial charge in [0.15, 0.2) is 0 Å². The van der Waals surface area contributed by atoms with Crippen molar-refractivity contribution < 1.29 is 19.2 Å². The topological polar surface area (TPSA) is 108 Å². The van der Waals surface area contributed by atoms with Crippen LogP contribution in [0.5, 0.6) is 0 Å². The van der Waals surface area contributed by atoms with E-state index in [9.17, 15) is 19.2 Å². The van der Waals surface area contributed by atoms with Crippen molar-refractivity contribution in [1.29, 1.82) is 0 Å². The molecule has 1 heterocycles. The highest BCUT2D eigenvalue weighted by atomic mass is 16.2. The van der Waals surface area contributed by atoms with Crippen molar-refractivity contribution in [3.8, 4) is 0 Å². The molecule has 0 radical (unpaired) electrons. The quantitative estimate of drug-likeness (QED) is 0.622. The van der Waals surface area contributed by atoms with Gasteiger partial charge in [0.1, 0.15) is 6.04 Å². The SMILES string of the molecule is O=C(CNC(=O)C1c2ccccc2C(=O)N1C1CC1)Nc1ccccc1C(=O)NC1CC1. The van der Waals surface area contributed by atoms with Gasteiger partial charge in [-0.3, -0.25) is 19.2 Å². The lowest BCUT2D eigenvalue weighted by atomic mass is 10.0. The molecule has 2 aromatic rings. The number of hydrogen-bond acceptors (Lipinski definition) is 4. The maximum absolute atomic E-state index is 13.0. The molecule has 1 atom stereocenters. The van der Waals surface area contributed by atoms with Gasteiger partial charge in [-0.1, -0.05) is 30.3 Å². The fourth-order valence-electron chi connectivity index (χ4n) is 4.07. The predicted molar refractivity (Wildman–Crippen MR) is 117 cm³/mol. The van der Waals surface area contributed by atoms with Crippen LogP contribution in [0.15, 0.2) is 48.5 Å². The number of amides is 4. The summed E-state index contributed by atoms with van der Waals surface area (Å²) in [7, 11) is 0. The van der Waals surface area contributed by atoms with Gasteiger partial charge in [-0.05, 0) is 49.4 Å². The van der Waals surface area contributed by atoms with Gasteiger partial charge < -0.3 is 20.9 Å². The van der Waals surface area contributed by atoms with Crippen LogP contribution in [0.25, 0.3) is 0 Å². The molecule has 2 aromatic carbocycles. The zero-order chi connectivity index (χ0) is 22.2. The van der Waals surface area contributed by atoms with Crippen molar-refractivity contribution in [2.45, 2.75) is 43.8 Å². The van der Waals surface area contributed by atoms with E-state index in [1.54, 1.807) is 53.4 Å². The van der Waals surface area contributed by atoms with E-state index in [2.05, 4.69) is 16.0 Å². The summed E-state index contributed by atoms with van der Waals surface area (Å²) in [5, 5.41) is 8.28. The Morgan fingerprint density at radius 1 is 0.938 bits per heavy atom. The Hall–Kier alpha value is -3.68. The molecule has 5 rings (SSSR count). The van der Waals surface area contributed by atoms with E-state index in [-0.39, 0.29) is 36.3 Å². The van der Waals surface area contributed by atoms with Crippen LogP contribution in [0.4, 0.5) is 5.69 Å². The average Bonchev–Trinajstić information content (AvgIpc) is 3.72. The Morgan fingerprint density at radius 2 is 1.66 bits per heavy atom. The summed E-state index contributed by atoms with van der Waals surface area (Å²) >= 11 is 0. The Bertz CT molecular complexity index is 1110. The van der Waals surface area contributed by atoms with Crippen LogP contribution in [0, 0.1) is 0 Å². The van der Waals surface area contributed by atoms with Crippen LogP contribution in [-0.2, 0) is 9.59 Å². The fourth-order valence-corrected chi connectivity index (χ4v) is 4.07. The van der Waals surface area contributed by atoms with Crippen LogP contribution in [-0.4, -0.2) is 47.2 Å². The highest BCUT2D eigenvalue weighted by Crippen LogP contribution is 2.41. The minimum absolute atomic E-state index is 0.0660. The molecule has 3 aliphatic rings. The zero-order valence-electron chi connectivity index (χ0n) is 17.5. The first-order valence-electron chi connectivity index (χ1n) is 10.9. The smallest absolute Gasteiger partial charge is 0.255 e. The summed E-state index contributed by atoms with van der Waals surface area (Å²) in [4.78, 5) is 52.4. The van der Waals surface area contributed by atoms with Gasteiger partial charge in [-0.15, -0.1) is 0 Å². The molecule has 1 unspecified atom stereocenters. The van der Waals surface area contributed by atoms with E-state index in [1.165, 1.54) is 0 Å². The number of carbonyl (C=O) groups is 4. The molecule has 0 saturated heterocycles. The highest BCUT2D eigenvalue weighted by Gasteiger charge is 2.47. The Labute approximate surface area is 185 Å². The van der Waals surface area contributed by atoms with E-state index in [0.717, 1.165) is 25.7 Å². The van der Waals surface area contributed by atoms with Crippen LogP contribution in [0.2, 0.25) is 0 Å². The van der Waals surface area contributed by atoms with E-state index >= 15 is 0 Å². The number of nitrogens with one attached hydrogen (secondary N) is 3. The normalized spacial score (nSPS) is 19.3. The van der Waals surface area contributed by atoms with Crippen LogP contribution >= 0.6 is 0 Å². The second-order valence-corrected chi connectivity index (χ2v) is 8.49. The molecule has 0 aromatic heterocycles. The fraction of sp³-hybridized carbons (Fsp3) is 0.333. The first-order chi connectivity index (χ1) is 15.5. The van der Waals surface area contributed by atoms with Gasteiger partial charge in [0.2, 0.25) is 11.8 Å². The summed E-state index contributed by atoms with van der Waals surface area (Å²) in [6, 6.07) is 13.4. The van der Waals surface area contributed by atoms with Crippen molar-refractivity contribution in [2.24, 2.45) is 0 Å². The van der Waals surface area contributed by atoms with Gasteiger partial charge in [0.05, 0.1) is 17.8 Å². The number of hydrogen-bond donors (Lipinski definition) is 3. The number of carbonyl (C=O) groups excluding carboxylic acids is 4. The third-order valence-electron chi connectivity index (χ3n) is 5.97. The number of anilines is 1.